The van der Waals surface area contributed by atoms with Crippen LogP contribution in [0.3, 0.4) is 0 Å². The van der Waals surface area contributed by atoms with E-state index in [1.54, 1.807) is 6.07 Å². The van der Waals surface area contributed by atoms with E-state index >= 15 is 0 Å². The molecule has 1 aromatic carbocycles. The lowest BCUT2D eigenvalue weighted by Crippen LogP contribution is -2.34. The van der Waals surface area contributed by atoms with Gasteiger partial charge in [-0.3, -0.25) is 0 Å². The van der Waals surface area contributed by atoms with Gasteiger partial charge in [0, 0.05) is 0 Å². The number of hydrogen-bond acceptors (Lipinski definition) is 2. The fourth-order valence-electron chi connectivity index (χ4n) is 1.74. The number of ether oxygens (including phenoxy) is 1. The third-order valence-electron chi connectivity index (χ3n) is 2.68. The van der Waals surface area contributed by atoms with Crippen molar-refractivity contribution in [3.05, 3.63) is 28.2 Å². The number of hydrogen-bond donors (Lipinski definition) is 1. The summed E-state index contributed by atoms with van der Waals surface area (Å²) in [6, 6.07) is 2.84. The van der Waals surface area contributed by atoms with Crippen LogP contribution in [0.1, 0.15) is 38.3 Å². The van der Waals surface area contributed by atoms with Crippen LogP contribution in [0.4, 0.5) is 13.2 Å². The molecule has 0 spiro atoms. The molecular formula is C14H19BrF3NO. The van der Waals surface area contributed by atoms with Gasteiger partial charge in [-0.2, -0.15) is 13.2 Å². The summed E-state index contributed by atoms with van der Waals surface area (Å²) < 4.78 is 45.1. The van der Waals surface area contributed by atoms with Crippen LogP contribution >= 0.6 is 15.9 Å². The molecule has 0 radical (unpaired) electrons. The fourth-order valence-corrected chi connectivity index (χ4v) is 2.25. The van der Waals surface area contributed by atoms with Crippen LogP contribution in [-0.4, -0.2) is 19.3 Å². The second-order valence-corrected chi connectivity index (χ2v) is 5.32. The van der Waals surface area contributed by atoms with Crippen molar-refractivity contribution in [1.82, 2.24) is 5.32 Å². The molecule has 114 valence electrons. The molecule has 0 heterocycles. The molecule has 6 heteroatoms. The first-order valence-corrected chi connectivity index (χ1v) is 7.41. The second kappa shape index (κ2) is 7.88. The highest BCUT2D eigenvalue weighted by atomic mass is 79.9. The van der Waals surface area contributed by atoms with Crippen LogP contribution in [0, 0.1) is 0 Å². The fraction of sp³-hybridized carbons (Fsp3) is 0.571. The van der Waals surface area contributed by atoms with Crippen molar-refractivity contribution in [3.63, 3.8) is 0 Å². The van der Waals surface area contributed by atoms with Crippen molar-refractivity contribution in [2.24, 2.45) is 0 Å². The van der Waals surface area contributed by atoms with Crippen molar-refractivity contribution >= 4 is 15.9 Å². The summed E-state index contributed by atoms with van der Waals surface area (Å²) in [7, 11) is 0. The third kappa shape index (κ3) is 4.98. The van der Waals surface area contributed by atoms with Crippen molar-refractivity contribution in [3.8, 4) is 5.75 Å². The van der Waals surface area contributed by atoms with E-state index in [0.717, 1.165) is 6.42 Å². The van der Waals surface area contributed by atoms with E-state index in [9.17, 15) is 13.2 Å². The number of benzene rings is 1. The van der Waals surface area contributed by atoms with Crippen molar-refractivity contribution in [1.29, 1.82) is 0 Å². The Morgan fingerprint density at radius 3 is 2.45 bits per heavy atom. The van der Waals surface area contributed by atoms with E-state index in [4.69, 9.17) is 4.74 Å². The van der Waals surface area contributed by atoms with Gasteiger partial charge in [-0.05, 0) is 53.0 Å². The zero-order chi connectivity index (χ0) is 15.2. The minimum absolute atomic E-state index is 0.182. The van der Waals surface area contributed by atoms with Gasteiger partial charge in [0.15, 0.2) is 0 Å². The predicted octanol–water partition coefficient (Wildman–Crippen LogP) is 4.84. The highest BCUT2D eigenvalue weighted by Crippen LogP contribution is 2.36. The Kier molecular flexibility index (Phi) is 6.82. The molecule has 0 saturated heterocycles. The summed E-state index contributed by atoms with van der Waals surface area (Å²) in [5.74, 6) is 0.562. The Morgan fingerprint density at radius 2 is 1.95 bits per heavy atom. The lowest BCUT2D eigenvalue weighted by Gasteiger charge is -2.22. The van der Waals surface area contributed by atoms with Crippen LogP contribution in [0.25, 0.3) is 0 Å². The lowest BCUT2D eigenvalue weighted by atomic mass is 10.1. The predicted molar refractivity (Wildman–Crippen MR) is 77.0 cm³/mol. The van der Waals surface area contributed by atoms with Gasteiger partial charge in [0.05, 0.1) is 11.1 Å². The van der Waals surface area contributed by atoms with Crippen molar-refractivity contribution in [2.45, 2.75) is 38.9 Å². The van der Waals surface area contributed by atoms with Gasteiger partial charge in [-0.15, -0.1) is 0 Å². The first kappa shape index (κ1) is 17.3. The maximum absolute atomic E-state index is 13.1. The Morgan fingerprint density at radius 1 is 1.25 bits per heavy atom. The van der Waals surface area contributed by atoms with E-state index < -0.39 is 12.2 Å². The summed E-state index contributed by atoms with van der Waals surface area (Å²) in [6.45, 7) is 4.65. The van der Waals surface area contributed by atoms with Gasteiger partial charge in [0.25, 0.3) is 0 Å². The average Bonchev–Trinajstić information content (AvgIpc) is 2.36. The summed E-state index contributed by atoms with van der Waals surface area (Å²) in [5, 5.41) is 2.53. The molecule has 1 aromatic rings. The molecule has 0 aromatic heterocycles. The molecule has 1 unspecified atom stereocenters. The Hall–Kier alpha value is -0.750. The molecule has 1 atom stereocenters. The van der Waals surface area contributed by atoms with Gasteiger partial charge in [-0.1, -0.05) is 19.9 Å². The smallest absolute Gasteiger partial charge is 0.407 e. The summed E-state index contributed by atoms with van der Waals surface area (Å²) in [6.07, 6.45) is -2.83. The minimum atomic E-state index is -4.32. The molecule has 2 nitrogen and oxygen atoms in total. The highest BCUT2D eigenvalue weighted by molar-refractivity contribution is 9.10. The Balaban J connectivity index is 2.94. The Bertz CT molecular complexity index is 423. The SMILES string of the molecule is CCCNC(c1ccc(OCCC)c(Br)c1)C(F)(F)F. The first-order chi connectivity index (χ1) is 9.40. The van der Waals surface area contributed by atoms with Crippen molar-refractivity contribution in [2.75, 3.05) is 13.2 Å². The van der Waals surface area contributed by atoms with Crippen LogP contribution in [0.15, 0.2) is 22.7 Å². The third-order valence-corrected chi connectivity index (χ3v) is 3.30. The molecule has 0 bridgehead atoms. The number of alkyl halides is 3. The van der Waals surface area contributed by atoms with E-state index in [0.29, 0.717) is 29.8 Å². The zero-order valence-corrected chi connectivity index (χ0v) is 13.1. The molecule has 0 fully saturated rings. The van der Waals surface area contributed by atoms with Crippen LogP contribution in [0.5, 0.6) is 5.75 Å². The summed E-state index contributed by atoms with van der Waals surface area (Å²) >= 11 is 3.26. The normalized spacial score (nSPS) is 13.3. The lowest BCUT2D eigenvalue weighted by molar-refractivity contribution is -0.157. The molecule has 0 aliphatic rings. The van der Waals surface area contributed by atoms with E-state index in [2.05, 4.69) is 21.2 Å². The monoisotopic (exact) mass is 353 g/mol. The Labute approximate surface area is 125 Å². The maximum Gasteiger partial charge on any atom is 0.407 e. The van der Waals surface area contributed by atoms with E-state index in [1.807, 2.05) is 13.8 Å². The molecule has 20 heavy (non-hydrogen) atoms. The molecule has 0 aliphatic heterocycles. The molecule has 1 rings (SSSR count). The number of nitrogens with one attached hydrogen (secondary N) is 1. The number of rotatable bonds is 7. The minimum Gasteiger partial charge on any atom is -0.492 e. The summed E-state index contributed by atoms with van der Waals surface area (Å²) in [4.78, 5) is 0. The summed E-state index contributed by atoms with van der Waals surface area (Å²) in [5.41, 5.74) is 0.182. The quantitative estimate of drug-likeness (QED) is 0.757. The topological polar surface area (TPSA) is 21.3 Å². The number of halogens is 4. The highest BCUT2D eigenvalue weighted by Gasteiger charge is 2.40. The molecular weight excluding hydrogens is 335 g/mol. The van der Waals surface area contributed by atoms with Gasteiger partial charge in [0.2, 0.25) is 0 Å². The first-order valence-electron chi connectivity index (χ1n) is 6.62. The van der Waals surface area contributed by atoms with Gasteiger partial charge in [-0.25, -0.2) is 0 Å². The zero-order valence-electron chi connectivity index (χ0n) is 11.6. The van der Waals surface area contributed by atoms with Crippen LogP contribution in [0.2, 0.25) is 0 Å². The van der Waals surface area contributed by atoms with E-state index in [1.165, 1.54) is 12.1 Å². The van der Waals surface area contributed by atoms with Gasteiger partial charge >= 0.3 is 6.18 Å². The molecule has 0 aliphatic carbocycles. The van der Waals surface area contributed by atoms with E-state index in [-0.39, 0.29) is 5.56 Å². The molecule has 1 N–H and O–H groups in total. The molecule has 0 amide bonds. The van der Waals surface area contributed by atoms with Crippen molar-refractivity contribution < 1.29 is 17.9 Å². The van der Waals surface area contributed by atoms with Crippen LogP contribution < -0.4 is 10.1 Å². The van der Waals surface area contributed by atoms with Gasteiger partial charge < -0.3 is 10.1 Å². The maximum atomic E-state index is 13.1. The van der Waals surface area contributed by atoms with Gasteiger partial charge in [0.1, 0.15) is 11.8 Å². The standard InChI is InChI=1S/C14H19BrF3NO/c1-3-7-19-13(14(16,17)18)10-5-6-12(11(15)9-10)20-8-4-2/h5-6,9,13,19H,3-4,7-8H2,1-2H3. The largest absolute Gasteiger partial charge is 0.492 e. The second-order valence-electron chi connectivity index (χ2n) is 4.47. The average molecular weight is 354 g/mol. The molecule has 0 saturated carbocycles. The van der Waals surface area contributed by atoms with Crippen LogP contribution in [-0.2, 0) is 0 Å².